The predicted molar refractivity (Wildman–Crippen MR) is 102 cm³/mol. The Morgan fingerprint density at radius 2 is 2.19 bits per heavy atom. The number of thiazole rings is 1. The van der Waals surface area contributed by atoms with Crippen molar-refractivity contribution in [1.82, 2.24) is 29.4 Å². The Bertz CT molecular complexity index is 830. The standard InChI is InChI=1S/C18H23N7S/c1-24-10-16(22-13-24)11-25-5-2-3-14(9-25)7-15-8-17(21-12-20-15)23-18-19-4-6-26-18/h4,6,8,10,12-14H,2-3,5,7,9,11H2,1H3,(H,19,20,21,23)/t14-/m1/s1. The summed E-state index contributed by atoms with van der Waals surface area (Å²) in [4.78, 5) is 20.0. The van der Waals surface area contributed by atoms with Gasteiger partial charge in [-0.3, -0.25) is 4.90 Å². The maximum Gasteiger partial charge on any atom is 0.188 e. The van der Waals surface area contributed by atoms with E-state index in [4.69, 9.17) is 0 Å². The zero-order chi connectivity index (χ0) is 17.8. The summed E-state index contributed by atoms with van der Waals surface area (Å²) in [6, 6.07) is 2.04. The van der Waals surface area contributed by atoms with E-state index in [0.29, 0.717) is 5.92 Å². The molecule has 4 rings (SSSR count). The third-order valence-electron chi connectivity index (χ3n) is 4.64. The van der Waals surface area contributed by atoms with Gasteiger partial charge in [0.1, 0.15) is 12.1 Å². The van der Waals surface area contributed by atoms with Crippen molar-refractivity contribution in [3.63, 3.8) is 0 Å². The van der Waals surface area contributed by atoms with Crippen LogP contribution in [0.25, 0.3) is 0 Å². The highest BCUT2D eigenvalue weighted by molar-refractivity contribution is 7.13. The monoisotopic (exact) mass is 369 g/mol. The number of hydrogen-bond donors (Lipinski definition) is 1. The molecule has 8 heteroatoms. The van der Waals surface area contributed by atoms with Crippen LogP contribution >= 0.6 is 11.3 Å². The molecule has 0 aromatic carbocycles. The molecule has 1 atom stereocenters. The van der Waals surface area contributed by atoms with Gasteiger partial charge in [0.05, 0.1) is 12.0 Å². The molecule has 1 N–H and O–H groups in total. The summed E-state index contributed by atoms with van der Waals surface area (Å²) in [6.45, 7) is 3.17. The molecule has 4 heterocycles. The third kappa shape index (κ3) is 4.44. The fourth-order valence-electron chi connectivity index (χ4n) is 3.51. The first-order valence-corrected chi connectivity index (χ1v) is 9.79. The SMILES string of the molecule is Cn1cnc(CN2CCC[C@H](Cc3cc(Nc4nccs4)ncn3)C2)c1. The minimum atomic E-state index is 0.620. The molecular weight excluding hydrogens is 346 g/mol. The van der Waals surface area contributed by atoms with Gasteiger partial charge in [-0.2, -0.15) is 0 Å². The van der Waals surface area contributed by atoms with Gasteiger partial charge >= 0.3 is 0 Å². The quantitative estimate of drug-likeness (QED) is 0.720. The number of piperidine rings is 1. The first kappa shape index (κ1) is 17.1. The number of nitrogens with one attached hydrogen (secondary N) is 1. The van der Waals surface area contributed by atoms with Crippen molar-refractivity contribution < 1.29 is 0 Å². The zero-order valence-electron chi connectivity index (χ0n) is 14.9. The molecule has 0 saturated carbocycles. The largest absolute Gasteiger partial charge is 0.340 e. The highest BCUT2D eigenvalue weighted by atomic mass is 32.1. The van der Waals surface area contributed by atoms with Gasteiger partial charge in [-0.15, -0.1) is 11.3 Å². The lowest BCUT2D eigenvalue weighted by molar-refractivity contribution is 0.165. The molecule has 0 bridgehead atoms. The van der Waals surface area contributed by atoms with Crippen molar-refractivity contribution in [3.05, 3.63) is 47.9 Å². The van der Waals surface area contributed by atoms with E-state index in [1.807, 2.05) is 29.4 Å². The summed E-state index contributed by atoms with van der Waals surface area (Å²) in [5, 5.41) is 6.04. The number of anilines is 2. The molecule has 1 aliphatic heterocycles. The van der Waals surface area contributed by atoms with Crippen molar-refractivity contribution in [3.8, 4) is 0 Å². The first-order valence-electron chi connectivity index (χ1n) is 8.91. The minimum Gasteiger partial charge on any atom is -0.340 e. The lowest BCUT2D eigenvalue weighted by Gasteiger charge is -2.32. The zero-order valence-corrected chi connectivity index (χ0v) is 15.7. The molecule has 1 aliphatic rings. The van der Waals surface area contributed by atoms with Crippen LogP contribution in [0, 0.1) is 5.92 Å². The summed E-state index contributed by atoms with van der Waals surface area (Å²) in [7, 11) is 2.02. The Hall–Kier alpha value is -2.32. The van der Waals surface area contributed by atoms with Crippen LogP contribution < -0.4 is 5.32 Å². The molecule has 7 nitrogen and oxygen atoms in total. The number of likely N-dealkylation sites (tertiary alicyclic amines) is 1. The summed E-state index contributed by atoms with van der Waals surface area (Å²) >= 11 is 1.57. The predicted octanol–water partition coefficient (Wildman–Crippen LogP) is 2.86. The Morgan fingerprint density at radius 3 is 3.00 bits per heavy atom. The van der Waals surface area contributed by atoms with E-state index >= 15 is 0 Å². The Morgan fingerprint density at radius 1 is 1.23 bits per heavy atom. The second kappa shape index (κ2) is 7.92. The van der Waals surface area contributed by atoms with Gasteiger partial charge in [0.25, 0.3) is 0 Å². The summed E-state index contributed by atoms with van der Waals surface area (Å²) in [5.74, 6) is 1.43. The summed E-state index contributed by atoms with van der Waals surface area (Å²) in [6.07, 6.45) is 10.9. The number of aryl methyl sites for hydroxylation is 1. The fourth-order valence-corrected chi connectivity index (χ4v) is 4.04. The third-order valence-corrected chi connectivity index (χ3v) is 5.32. The van der Waals surface area contributed by atoms with Crippen LogP contribution in [-0.2, 0) is 20.0 Å². The highest BCUT2D eigenvalue weighted by Crippen LogP contribution is 2.23. The highest BCUT2D eigenvalue weighted by Gasteiger charge is 2.21. The van der Waals surface area contributed by atoms with Crippen LogP contribution in [-0.4, -0.2) is 42.5 Å². The van der Waals surface area contributed by atoms with Crippen molar-refractivity contribution in [2.24, 2.45) is 13.0 Å². The van der Waals surface area contributed by atoms with Crippen LogP contribution in [0.1, 0.15) is 24.2 Å². The smallest absolute Gasteiger partial charge is 0.188 e. The average molecular weight is 369 g/mol. The van der Waals surface area contributed by atoms with Crippen LogP contribution in [0.15, 0.2) is 36.5 Å². The number of rotatable bonds is 6. The van der Waals surface area contributed by atoms with Crippen LogP contribution in [0.3, 0.4) is 0 Å². The number of nitrogens with zero attached hydrogens (tertiary/aromatic N) is 6. The normalized spacial score (nSPS) is 18.1. The topological polar surface area (TPSA) is 71.8 Å². The van der Waals surface area contributed by atoms with Gasteiger partial charge < -0.3 is 9.88 Å². The van der Waals surface area contributed by atoms with Gasteiger partial charge in [0.2, 0.25) is 0 Å². The van der Waals surface area contributed by atoms with Crippen molar-refractivity contribution in [1.29, 1.82) is 0 Å². The van der Waals surface area contributed by atoms with Gasteiger partial charge in [0, 0.05) is 49.7 Å². The van der Waals surface area contributed by atoms with E-state index in [-0.39, 0.29) is 0 Å². The Kier molecular flexibility index (Phi) is 5.21. The summed E-state index contributed by atoms with van der Waals surface area (Å²) < 4.78 is 2.01. The first-order chi connectivity index (χ1) is 12.7. The fraction of sp³-hybridized carbons (Fsp3) is 0.444. The second-order valence-corrected chi connectivity index (χ2v) is 7.73. The molecule has 0 radical (unpaired) electrons. The Labute approximate surface area is 157 Å². The lowest BCUT2D eigenvalue weighted by atomic mass is 9.93. The van der Waals surface area contributed by atoms with E-state index in [2.05, 4.69) is 36.3 Å². The van der Waals surface area contributed by atoms with E-state index in [1.165, 1.54) is 12.8 Å². The summed E-state index contributed by atoms with van der Waals surface area (Å²) in [5.41, 5.74) is 2.23. The van der Waals surface area contributed by atoms with E-state index < -0.39 is 0 Å². The van der Waals surface area contributed by atoms with Crippen molar-refractivity contribution in [2.75, 3.05) is 18.4 Å². The maximum absolute atomic E-state index is 4.47. The van der Waals surface area contributed by atoms with Gasteiger partial charge in [-0.05, 0) is 31.7 Å². The maximum atomic E-state index is 4.47. The average Bonchev–Trinajstić information content (AvgIpc) is 3.27. The van der Waals surface area contributed by atoms with Crippen LogP contribution in [0.4, 0.5) is 10.9 Å². The number of aromatic nitrogens is 5. The molecule has 0 aliphatic carbocycles. The molecule has 0 spiro atoms. The van der Waals surface area contributed by atoms with Crippen LogP contribution in [0.2, 0.25) is 0 Å². The Balaban J connectivity index is 1.35. The van der Waals surface area contributed by atoms with Crippen LogP contribution in [0.5, 0.6) is 0 Å². The van der Waals surface area contributed by atoms with E-state index in [9.17, 15) is 0 Å². The molecule has 136 valence electrons. The van der Waals surface area contributed by atoms with E-state index in [0.717, 1.165) is 48.4 Å². The van der Waals surface area contributed by atoms with Crippen molar-refractivity contribution >= 4 is 22.3 Å². The second-order valence-electron chi connectivity index (χ2n) is 6.83. The molecule has 3 aromatic heterocycles. The van der Waals surface area contributed by atoms with Gasteiger partial charge in [-0.25, -0.2) is 19.9 Å². The van der Waals surface area contributed by atoms with Gasteiger partial charge in [0.15, 0.2) is 5.13 Å². The molecular formula is C18H23N7S. The molecule has 1 saturated heterocycles. The molecule has 0 amide bonds. The van der Waals surface area contributed by atoms with E-state index in [1.54, 1.807) is 23.9 Å². The van der Waals surface area contributed by atoms with Gasteiger partial charge in [-0.1, -0.05) is 0 Å². The van der Waals surface area contributed by atoms with Crippen molar-refractivity contribution in [2.45, 2.75) is 25.8 Å². The minimum absolute atomic E-state index is 0.620. The number of imidazole rings is 1. The number of hydrogen-bond acceptors (Lipinski definition) is 7. The molecule has 1 fully saturated rings. The lowest BCUT2D eigenvalue weighted by Crippen LogP contribution is -2.35. The molecule has 3 aromatic rings. The molecule has 26 heavy (non-hydrogen) atoms. The molecule has 0 unspecified atom stereocenters.